The highest BCUT2D eigenvalue weighted by Crippen LogP contribution is 2.38. The third-order valence-electron chi connectivity index (χ3n) is 4.88. The lowest BCUT2D eigenvalue weighted by Crippen LogP contribution is -2.20. The molecule has 2 aromatic carbocycles. The van der Waals surface area contributed by atoms with Crippen LogP contribution >= 0.6 is 0 Å². The summed E-state index contributed by atoms with van der Waals surface area (Å²) < 4.78 is 35.0. The van der Waals surface area contributed by atoms with Gasteiger partial charge in [0.1, 0.15) is 34.5 Å². The minimum Gasteiger partial charge on any atom is -0.483 e. The summed E-state index contributed by atoms with van der Waals surface area (Å²) in [6, 6.07) is 12.6. The summed E-state index contributed by atoms with van der Waals surface area (Å²) in [5, 5.41) is 3.36. The monoisotopic (exact) mass is 422 g/mol. The molecule has 4 rings (SSSR count). The molecule has 0 radical (unpaired) electrons. The molecule has 0 aliphatic carbocycles. The highest BCUT2D eigenvalue weighted by Gasteiger charge is 2.20. The fourth-order valence-corrected chi connectivity index (χ4v) is 3.42. The number of amides is 1. The Kier molecular flexibility index (Phi) is 5.29. The van der Waals surface area contributed by atoms with E-state index in [0.29, 0.717) is 22.7 Å². The van der Waals surface area contributed by atoms with Crippen LogP contribution in [-0.2, 0) is 4.79 Å². The van der Waals surface area contributed by atoms with Gasteiger partial charge in [0.05, 0.1) is 0 Å². The zero-order chi connectivity index (χ0) is 22.1. The number of primary amides is 1. The van der Waals surface area contributed by atoms with Crippen molar-refractivity contribution in [2.24, 2.45) is 5.73 Å². The van der Waals surface area contributed by atoms with E-state index in [-0.39, 0.29) is 5.75 Å². The van der Waals surface area contributed by atoms with Crippen molar-refractivity contribution >= 4 is 23.1 Å². The molecule has 2 heterocycles. The van der Waals surface area contributed by atoms with Crippen molar-refractivity contribution < 1.29 is 18.3 Å². The number of nitrogens with two attached hydrogens (primary N) is 1. The van der Waals surface area contributed by atoms with Gasteiger partial charge in [-0.3, -0.25) is 9.20 Å². The number of fused-ring (bicyclic) bond motifs is 1. The summed E-state index contributed by atoms with van der Waals surface area (Å²) in [7, 11) is 0. The van der Waals surface area contributed by atoms with Crippen LogP contribution in [0.5, 0.6) is 5.75 Å². The minimum absolute atomic E-state index is 0.104. The zero-order valence-electron chi connectivity index (χ0n) is 16.9. The Labute approximate surface area is 177 Å². The van der Waals surface area contributed by atoms with Crippen LogP contribution in [0.15, 0.2) is 54.7 Å². The number of pyridine rings is 1. The number of halogens is 2. The summed E-state index contributed by atoms with van der Waals surface area (Å²) in [6.07, 6.45) is 1.31. The fraction of sp³-hybridized carbons (Fsp3) is 0.130. The van der Waals surface area contributed by atoms with Crippen molar-refractivity contribution in [2.75, 3.05) is 11.9 Å². The number of carbonyl (C=O) groups excluding carboxylic acids is 1. The third-order valence-corrected chi connectivity index (χ3v) is 4.88. The van der Waals surface area contributed by atoms with Crippen molar-refractivity contribution in [1.29, 1.82) is 0 Å². The number of carbonyl (C=O) groups is 1. The van der Waals surface area contributed by atoms with Gasteiger partial charge in [0.15, 0.2) is 6.61 Å². The van der Waals surface area contributed by atoms with Crippen LogP contribution in [0.1, 0.15) is 11.1 Å². The van der Waals surface area contributed by atoms with Crippen molar-refractivity contribution in [1.82, 2.24) is 9.38 Å². The van der Waals surface area contributed by atoms with Crippen LogP contribution in [0, 0.1) is 25.5 Å². The number of ether oxygens (including phenoxy) is 1. The number of benzene rings is 2. The average Bonchev–Trinajstić information content (AvgIpc) is 3.06. The third kappa shape index (κ3) is 4.05. The van der Waals surface area contributed by atoms with Gasteiger partial charge >= 0.3 is 0 Å². The molecule has 31 heavy (non-hydrogen) atoms. The lowest BCUT2D eigenvalue weighted by molar-refractivity contribution is -0.119. The second-order valence-corrected chi connectivity index (χ2v) is 7.17. The van der Waals surface area contributed by atoms with Gasteiger partial charge in [-0.05, 0) is 49.2 Å². The summed E-state index contributed by atoms with van der Waals surface area (Å²) in [4.78, 5) is 15.8. The Morgan fingerprint density at radius 3 is 2.52 bits per heavy atom. The van der Waals surface area contributed by atoms with Crippen LogP contribution in [-0.4, -0.2) is 21.9 Å². The van der Waals surface area contributed by atoms with Gasteiger partial charge in [0.2, 0.25) is 0 Å². The molecule has 0 fully saturated rings. The first kappa shape index (κ1) is 20.3. The molecule has 3 N–H and O–H groups in total. The molecule has 0 aliphatic rings. The van der Waals surface area contributed by atoms with Gasteiger partial charge in [-0.2, -0.15) is 0 Å². The Morgan fingerprint density at radius 1 is 1.10 bits per heavy atom. The van der Waals surface area contributed by atoms with Crippen LogP contribution in [0.3, 0.4) is 0 Å². The Bertz CT molecular complexity index is 1280. The number of para-hydroxylation sites is 1. The summed E-state index contributed by atoms with van der Waals surface area (Å²) in [5.74, 6) is -1.09. The Balaban J connectivity index is 1.93. The molecular weight excluding hydrogens is 402 g/mol. The lowest BCUT2D eigenvalue weighted by Gasteiger charge is -2.15. The second-order valence-electron chi connectivity index (χ2n) is 7.17. The van der Waals surface area contributed by atoms with Crippen molar-refractivity contribution in [3.63, 3.8) is 0 Å². The Morgan fingerprint density at radius 2 is 1.81 bits per heavy atom. The van der Waals surface area contributed by atoms with Crippen LogP contribution in [0.2, 0.25) is 0 Å². The molecule has 1 amide bonds. The number of nitrogens with one attached hydrogen (secondary N) is 1. The van der Waals surface area contributed by atoms with E-state index in [9.17, 15) is 13.6 Å². The molecule has 0 bridgehead atoms. The number of rotatable bonds is 6. The van der Waals surface area contributed by atoms with E-state index in [4.69, 9.17) is 10.5 Å². The minimum atomic E-state index is -0.693. The van der Waals surface area contributed by atoms with E-state index in [2.05, 4.69) is 10.3 Å². The van der Waals surface area contributed by atoms with Gasteiger partial charge in [0, 0.05) is 23.5 Å². The number of imidazole rings is 1. The number of aromatic nitrogens is 2. The molecule has 0 atom stereocenters. The van der Waals surface area contributed by atoms with Gasteiger partial charge in [-0.1, -0.05) is 18.2 Å². The molecule has 2 aromatic heterocycles. The molecule has 0 spiro atoms. The normalized spacial score (nSPS) is 11.0. The fourth-order valence-electron chi connectivity index (χ4n) is 3.42. The SMILES string of the molecule is Cc1cccc(C)c1Nc1c(-c2ccc(F)cc2OCC(N)=O)nc2ccc(F)cn12. The van der Waals surface area contributed by atoms with E-state index < -0.39 is 24.1 Å². The van der Waals surface area contributed by atoms with E-state index >= 15 is 0 Å². The van der Waals surface area contributed by atoms with Crippen molar-refractivity contribution in [3.8, 4) is 17.0 Å². The van der Waals surface area contributed by atoms with Gasteiger partial charge in [-0.15, -0.1) is 0 Å². The summed E-state index contributed by atoms with van der Waals surface area (Å²) >= 11 is 0. The highest BCUT2D eigenvalue weighted by molar-refractivity contribution is 5.84. The number of hydrogen-bond donors (Lipinski definition) is 2. The quantitative estimate of drug-likeness (QED) is 0.479. The van der Waals surface area contributed by atoms with E-state index in [1.165, 1.54) is 24.4 Å². The molecule has 158 valence electrons. The Hall–Kier alpha value is -3.94. The van der Waals surface area contributed by atoms with E-state index in [0.717, 1.165) is 22.9 Å². The molecule has 6 nitrogen and oxygen atoms in total. The number of anilines is 2. The predicted octanol–water partition coefficient (Wildman–Crippen LogP) is 4.50. The highest BCUT2D eigenvalue weighted by atomic mass is 19.1. The standard InChI is InChI=1S/C23H20F2N4O2/c1-13-4-3-5-14(2)21(13)28-23-22(27-20-9-7-16(25)11-29(20)23)17-8-6-15(24)10-18(17)31-12-19(26)30/h3-11,28H,12H2,1-2H3,(H2,26,30). The van der Waals surface area contributed by atoms with Crippen molar-refractivity contribution in [2.45, 2.75) is 13.8 Å². The maximum absolute atomic E-state index is 14.1. The van der Waals surface area contributed by atoms with Crippen LogP contribution in [0.25, 0.3) is 16.9 Å². The van der Waals surface area contributed by atoms with E-state index in [1.54, 1.807) is 10.5 Å². The zero-order valence-corrected chi connectivity index (χ0v) is 16.9. The van der Waals surface area contributed by atoms with Gasteiger partial charge < -0.3 is 15.8 Å². The maximum atomic E-state index is 14.1. The first-order valence-corrected chi connectivity index (χ1v) is 9.55. The molecule has 0 aliphatic heterocycles. The van der Waals surface area contributed by atoms with E-state index in [1.807, 2.05) is 32.0 Å². The van der Waals surface area contributed by atoms with Crippen LogP contribution in [0.4, 0.5) is 20.3 Å². The molecule has 4 aromatic rings. The van der Waals surface area contributed by atoms with Gasteiger partial charge in [-0.25, -0.2) is 13.8 Å². The first-order valence-electron chi connectivity index (χ1n) is 9.55. The molecule has 8 heteroatoms. The molecular formula is C23H20F2N4O2. The topological polar surface area (TPSA) is 81.6 Å². The smallest absolute Gasteiger partial charge is 0.255 e. The average molecular weight is 422 g/mol. The largest absolute Gasteiger partial charge is 0.483 e. The molecule has 0 saturated heterocycles. The summed E-state index contributed by atoms with van der Waals surface area (Å²) in [6.45, 7) is 3.49. The maximum Gasteiger partial charge on any atom is 0.255 e. The molecule has 0 unspecified atom stereocenters. The molecule has 0 saturated carbocycles. The number of hydrogen-bond acceptors (Lipinski definition) is 4. The van der Waals surface area contributed by atoms with Crippen molar-refractivity contribution in [3.05, 3.63) is 77.5 Å². The first-order chi connectivity index (χ1) is 14.8. The van der Waals surface area contributed by atoms with Crippen LogP contribution < -0.4 is 15.8 Å². The number of aryl methyl sites for hydroxylation is 2. The lowest BCUT2D eigenvalue weighted by atomic mass is 10.1. The number of nitrogens with zero attached hydrogens (tertiary/aromatic N) is 2. The second kappa shape index (κ2) is 8.06. The summed E-state index contributed by atoms with van der Waals surface area (Å²) in [5.41, 5.74) is 9.32. The van der Waals surface area contributed by atoms with Gasteiger partial charge in [0.25, 0.3) is 5.91 Å². The predicted molar refractivity (Wildman–Crippen MR) is 114 cm³/mol.